The number of likely N-dealkylation sites (tertiary alicyclic amines) is 1. The molecule has 170 valence electrons. The van der Waals surface area contributed by atoms with Gasteiger partial charge in [-0.25, -0.2) is 0 Å². The lowest BCUT2D eigenvalue weighted by molar-refractivity contribution is -0.384. The highest BCUT2D eigenvalue weighted by Crippen LogP contribution is 2.23. The highest BCUT2D eigenvalue weighted by atomic mass is 32.2. The van der Waals surface area contributed by atoms with E-state index >= 15 is 0 Å². The molecular weight excluding hydrogens is 441 g/mol. The monoisotopic (exact) mass is 462 g/mol. The predicted molar refractivity (Wildman–Crippen MR) is 107 cm³/mol. The molecule has 31 heavy (non-hydrogen) atoms. The number of hydrogen-bond acceptors (Lipinski definition) is 6. The van der Waals surface area contributed by atoms with Gasteiger partial charge in [-0.15, -0.1) is 0 Å². The Morgan fingerprint density at radius 1 is 1.29 bits per heavy atom. The number of amides is 3. The van der Waals surface area contributed by atoms with E-state index < -0.39 is 40.9 Å². The number of anilines is 1. The Kier molecular flexibility index (Phi) is 8.25. The minimum atomic E-state index is -5.13. The van der Waals surface area contributed by atoms with Gasteiger partial charge in [0.05, 0.1) is 4.92 Å². The highest BCUT2D eigenvalue weighted by molar-refractivity contribution is 7.98. The Morgan fingerprint density at radius 3 is 2.48 bits per heavy atom. The average Bonchev–Trinajstić information content (AvgIpc) is 3.20. The lowest BCUT2D eigenvalue weighted by Crippen LogP contribution is -2.54. The van der Waals surface area contributed by atoms with Gasteiger partial charge in [-0.05, 0) is 43.4 Å². The van der Waals surface area contributed by atoms with Crippen molar-refractivity contribution < 1.29 is 32.5 Å². The molecule has 0 bridgehead atoms. The van der Waals surface area contributed by atoms with Crippen LogP contribution < -0.4 is 10.6 Å². The molecule has 0 radical (unpaired) electrons. The van der Waals surface area contributed by atoms with Crippen LogP contribution in [0.25, 0.3) is 0 Å². The number of rotatable bonds is 8. The molecular formula is C18H21F3N4O5S. The van der Waals surface area contributed by atoms with Crippen LogP contribution in [0.2, 0.25) is 0 Å². The summed E-state index contributed by atoms with van der Waals surface area (Å²) >= 11 is 1.31. The first-order valence-electron chi connectivity index (χ1n) is 9.27. The third kappa shape index (κ3) is 6.57. The van der Waals surface area contributed by atoms with E-state index in [0.29, 0.717) is 18.6 Å². The van der Waals surface area contributed by atoms with Crippen LogP contribution in [0, 0.1) is 10.1 Å². The minimum Gasteiger partial charge on any atom is -0.336 e. The summed E-state index contributed by atoms with van der Waals surface area (Å²) in [5.74, 6) is -3.20. The molecule has 1 aliphatic heterocycles. The number of benzene rings is 1. The van der Waals surface area contributed by atoms with Gasteiger partial charge in [-0.1, -0.05) is 0 Å². The number of non-ortho nitro benzene ring substituents is 1. The number of nitrogens with zero attached hydrogens (tertiary/aromatic N) is 2. The summed E-state index contributed by atoms with van der Waals surface area (Å²) in [6.45, 7) is 0.162. The van der Waals surface area contributed by atoms with Gasteiger partial charge in [-0.2, -0.15) is 24.9 Å². The van der Waals surface area contributed by atoms with E-state index in [0.717, 1.165) is 0 Å². The maximum atomic E-state index is 12.9. The Balaban J connectivity index is 2.11. The van der Waals surface area contributed by atoms with E-state index in [1.54, 1.807) is 11.6 Å². The second-order valence-corrected chi connectivity index (χ2v) is 7.77. The van der Waals surface area contributed by atoms with Crippen molar-refractivity contribution >= 4 is 40.9 Å². The van der Waals surface area contributed by atoms with Crippen molar-refractivity contribution in [3.05, 3.63) is 34.4 Å². The van der Waals surface area contributed by atoms with Crippen molar-refractivity contribution in [3.8, 4) is 0 Å². The topological polar surface area (TPSA) is 122 Å². The minimum absolute atomic E-state index is 0.0188. The van der Waals surface area contributed by atoms with Crippen LogP contribution >= 0.6 is 11.8 Å². The number of nitro groups is 1. The molecule has 2 N–H and O–H groups in total. The number of halogens is 3. The number of nitrogens with one attached hydrogen (secondary N) is 2. The molecule has 0 aromatic heterocycles. The van der Waals surface area contributed by atoms with Crippen LogP contribution in [-0.2, 0) is 14.4 Å². The van der Waals surface area contributed by atoms with Gasteiger partial charge in [0.1, 0.15) is 12.1 Å². The fourth-order valence-electron chi connectivity index (χ4n) is 3.13. The maximum Gasteiger partial charge on any atom is 0.471 e. The second-order valence-electron chi connectivity index (χ2n) is 6.79. The molecule has 1 heterocycles. The number of alkyl halides is 3. The third-order valence-corrected chi connectivity index (χ3v) is 5.30. The van der Waals surface area contributed by atoms with Crippen LogP contribution in [0.5, 0.6) is 0 Å². The molecule has 3 amide bonds. The molecule has 13 heteroatoms. The molecule has 2 atom stereocenters. The molecule has 0 unspecified atom stereocenters. The van der Waals surface area contributed by atoms with Crippen molar-refractivity contribution in [3.63, 3.8) is 0 Å². The lowest BCUT2D eigenvalue weighted by Gasteiger charge is -2.29. The summed E-state index contributed by atoms with van der Waals surface area (Å²) in [6, 6.07) is 2.75. The fraction of sp³-hybridized carbons (Fsp3) is 0.500. The highest BCUT2D eigenvalue weighted by Gasteiger charge is 2.43. The molecule has 0 aliphatic carbocycles. The Hall–Kier alpha value is -2.83. The molecule has 0 saturated carbocycles. The summed E-state index contributed by atoms with van der Waals surface area (Å²) in [5.41, 5.74) is 0.118. The van der Waals surface area contributed by atoms with Crippen LogP contribution in [-0.4, -0.2) is 64.4 Å². The Bertz CT molecular complexity index is 834. The van der Waals surface area contributed by atoms with Crippen molar-refractivity contribution in [2.75, 3.05) is 23.9 Å². The van der Waals surface area contributed by atoms with Gasteiger partial charge in [0, 0.05) is 24.4 Å². The number of hydrogen-bond donors (Lipinski definition) is 2. The predicted octanol–water partition coefficient (Wildman–Crippen LogP) is 2.32. The van der Waals surface area contributed by atoms with Crippen LogP contribution in [0.1, 0.15) is 19.3 Å². The maximum absolute atomic E-state index is 12.9. The van der Waals surface area contributed by atoms with Gasteiger partial charge in [-0.3, -0.25) is 24.5 Å². The summed E-state index contributed by atoms with van der Waals surface area (Å²) in [7, 11) is 0. The first kappa shape index (κ1) is 24.4. The molecule has 9 nitrogen and oxygen atoms in total. The zero-order valence-electron chi connectivity index (χ0n) is 16.5. The number of nitro benzene ring substituents is 1. The van der Waals surface area contributed by atoms with E-state index in [-0.39, 0.29) is 24.3 Å². The summed E-state index contributed by atoms with van der Waals surface area (Å²) in [6.07, 6.45) is -2.67. The quantitative estimate of drug-likeness (QED) is 0.452. The third-order valence-electron chi connectivity index (χ3n) is 4.66. The van der Waals surface area contributed by atoms with Gasteiger partial charge in [0.15, 0.2) is 0 Å². The molecule has 2 rings (SSSR count). The van der Waals surface area contributed by atoms with Crippen LogP contribution in [0.15, 0.2) is 24.3 Å². The molecule has 1 fully saturated rings. The van der Waals surface area contributed by atoms with E-state index in [4.69, 9.17) is 0 Å². The van der Waals surface area contributed by atoms with Crippen LogP contribution in [0.3, 0.4) is 0 Å². The molecule has 1 aliphatic rings. The molecule has 0 spiro atoms. The van der Waals surface area contributed by atoms with Gasteiger partial charge >= 0.3 is 12.1 Å². The largest absolute Gasteiger partial charge is 0.471 e. The normalized spacial score (nSPS) is 17.2. The van der Waals surface area contributed by atoms with E-state index in [2.05, 4.69) is 5.32 Å². The summed E-state index contributed by atoms with van der Waals surface area (Å²) in [4.78, 5) is 48.2. The molecule has 1 saturated heterocycles. The van der Waals surface area contributed by atoms with E-state index in [9.17, 15) is 37.7 Å². The second kappa shape index (κ2) is 10.5. The smallest absolute Gasteiger partial charge is 0.336 e. The van der Waals surface area contributed by atoms with Crippen LogP contribution in [0.4, 0.5) is 24.5 Å². The first-order chi connectivity index (χ1) is 14.5. The zero-order valence-corrected chi connectivity index (χ0v) is 17.3. The standard InChI is InChI=1S/C18H21F3N4O5S/c1-31-10-8-13(23-17(28)18(19,20)21)16(27)24-9-2-3-14(24)15(26)22-11-4-6-12(7-5-11)25(29)30/h4-7,13-14H,2-3,8-10H2,1H3,(H,22,26)(H,23,28)/t13-,14-/m0/s1. The average molecular weight is 462 g/mol. The zero-order chi connectivity index (χ0) is 23.2. The Morgan fingerprint density at radius 2 is 1.94 bits per heavy atom. The summed E-state index contributed by atoms with van der Waals surface area (Å²) < 4.78 is 37.9. The number of thioether (sulfide) groups is 1. The van der Waals surface area contributed by atoms with Crippen molar-refractivity contribution in [2.45, 2.75) is 37.5 Å². The fourth-order valence-corrected chi connectivity index (χ4v) is 3.60. The summed E-state index contributed by atoms with van der Waals surface area (Å²) in [5, 5.41) is 15.0. The molecule has 1 aromatic carbocycles. The Labute approximate surface area is 179 Å². The van der Waals surface area contributed by atoms with E-state index in [1.165, 1.54) is 40.9 Å². The van der Waals surface area contributed by atoms with E-state index in [1.807, 2.05) is 0 Å². The van der Waals surface area contributed by atoms with Crippen molar-refractivity contribution in [2.24, 2.45) is 0 Å². The van der Waals surface area contributed by atoms with Crippen molar-refractivity contribution in [1.29, 1.82) is 0 Å². The first-order valence-corrected chi connectivity index (χ1v) is 10.7. The number of carbonyl (C=O) groups excluding carboxylic acids is 3. The number of carbonyl (C=O) groups is 3. The SMILES string of the molecule is CSCC[C@H](NC(=O)C(F)(F)F)C(=O)N1CCC[C@H]1C(=O)Nc1ccc([N+](=O)[O-])cc1. The van der Waals surface area contributed by atoms with Crippen molar-refractivity contribution in [1.82, 2.24) is 10.2 Å². The molecule has 1 aromatic rings. The van der Waals surface area contributed by atoms with Gasteiger partial charge in [0.2, 0.25) is 11.8 Å². The lowest BCUT2D eigenvalue weighted by atomic mass is 10.1. The van der Waals surface area contributed by atoms with Gasteiger partial charge in [0.25, 0.3) is 5.69 Å². The van der Waals surface area contributed by atoms with Gasteiger partial charge < -0.3 is 15.5 Å².